The number of aromatic nitrogens is 3. The molecule has 31 heavy (non-hydrogen) atoms. The Labute approximate surface area is 175 Å². The molecule has 1 aliphatic carbocycles. The van der Waals surface area contributed by atoms with Crippen molar-refractivity contribution in [2.45, 2.75) is 32.0 Å². The molecule has 1 aliphatic rings. The van der Waals surface area contributed by atoms with E-state index >= 15 is 0 Å². The fourth-order valence-electron chi connectivity index (χ4n) is 2.94. The van der Waals surface area contributed by atoms with Crippen LogP contribution in [0.2, 0.25) is 0 Å². The summed E-state index contributed by atoms with van der Waals surface area (Å²) >= 11 is 0. The number of benzene rings is 1. The van der Waals surface area contributed by atoms with Crippen LogP contribution in [0.1, 0.15) is 44.8 Å². The normalized spacial score (nSPS) is 13.7. The van der Waals surface area contributed by atoms with E-state index in [1.807, 2.05) is 0 Å². The number of pyridine rings is 1. The number of carbonyl (C=O) groups excluding carboxylic acids is 2. The second kappa shape index (κ2) is 7.86. The molecule has 160 valence electrons. The SMILES string of the molecule is Cc1c(C(=O)Nc2ccc(C(=O)NC3CC3)cc2)cnn1-c1ccc(C(F)(F)F)cn1. The number of hydrogen-bond donors (Lipinski definition) is 2. The lowest BCUT2D eigenvalue weighted by Crippen LogP contribution is -2.25. The van der Waals surface area contributed by atoms with Crippen molar-refractivity contribution >= 4 is 17.5 Å². The van der Waals surface area contributed by atoms with Crippen LogP contribution >= 0.6 is 0 Å². The van der Waals surface area contributed by atoms with Crippen molar-refractivity contribution in [3.63, 3.8) is 0 Å². The number of alkyl halides is 3. The first kappa shape index (κ1) is 20.6. The molecular weight excluding hydrogens is 411 g/mol. The van der Waals surface area contributed by atoms with Crippen molar-refractivity contribution in [2.24, 2.45) is 0 Å². The maximum Gasteiger partial charge on any atom is 0.417 e. The zero-order chi connectivity index (χ0) is 22.2. The van der Waals surface area contributed by atoms with Crippen LogP contribution in [0.5, 0.6) is 0 Å². The minimum Gasteiger partial charge on any atom is -0.349 e. The van der Waals surface area contributed by atoms with Crippen LogP contribution in [-0.2, 0) is 6.18 Å². The van der Waals surface area contributed by atoms with Crippen LogP contribution in [0.3, 0.4) is 0 Å². The zero-order valence-electron chi connectivity index (χ0n) is 16.4. The highest BCUT2D eigenvalue weighted by Crippen LogP contribution is 2.29. The number of nitrogens with zero attached hydrogens (tertiary/aromatic N) is 3. The van der Waals surface area contributed by atoms with E-state index in [-0.39, 0.29) is 23.3 Å². The van der Waals surface area contributed by atoms with Gasteiger partial charge >= 0.3 is 6.18 Å². The Hall–Kier alpha value is -3.69. The van der Waals surface area contributed by atoms with Crippen molar-refractivity contribution in [3.05, 3.63) is 71.2 Å². The van der Waals surface area contributed by atoms with E-state index in [0.29, 0.717) is 16.9 Å². The monoisotopic (exact) mass is 429 g/mol. The molecule has 3 aromatic rings. The van der Waals surface area contributed by atoms with Crippen molar-refractivity contribution in [3.8, 4) is 5.82 Å². The van der Waals surface area contributed by atoms with Gasteiger partial charge in [-0.25, -0.2) is 9.67 Å². The predicted octanol–water partition coefficient (Wildman–Crippen LogP) is 3.74. The summed E-state index contributed by atoms with van der Waals surface area (Å²) in [5.74, 6) is -0.428. The summed E-state index contributed by atoms with van der Waals surface area (Å²) in [6, 6.07) is 8.84. The van der Waals surface area contributed by atoms with E-state index in [4.69, 9.17) is 0 Å². The maximum absolute atomic E-state index is 12.7. The number of amides is 2. The first-order valence-electron chi connectivity index (χ1n) is 9.53. The highest BCUT2D eigenvalue weighted by Gasteiger charge is 2.31. The minimum absolute atomic E-state index is 0.151. The maximum atomic E-state index is 12.7. The van der Waals surface area contributed by atoms with E-state index in [0.717, 1.165) is 25.1 Å². The van der Waals surface area contributed by atoms with Crippen molar-refractivity contribution in [1.82, 2.24) is 20.1 Å². The molecule has 2 N–H and O–H groups in total. The topological polar surface area (TPSA) is 88.9 Å². The van der Waals surface area contributed by atoms with Gasteiger partial charge < -0.3 is 10.6 Å². The summed E-state index contributed by atoms with van der Waals surface area (Å²) in [7, 11) is 0. The van der Waals surface area contributed by atoms with E-state index in [2.05, 4.69) is 20.7 Å². The molecule has 4 rings (SSSR count). The van der Waals surface area contributed by atoms with E-state index in [9.17, 15) is 22.8 Å². The highest BCUT2D eigenvalue weighted by atomic mass is 19.4. The molecule has 0 aliphatic heterocycles. The second-order valence-corrected chi connectivity index (χ2v) is 7.24. The van der Waals surface area contributed by atoms with Crippen molar-refractivity contribution in [1.29, 1.82) is 0 Å². The summed E-state index contributed by atoms with van der Waals surface area (Å²) in [6.45, 7) is 1.62. The lowest BCUT2D eigenvalue weighted by atomic mass is 10.2. The van der Waals surface area contributed by atoms with Crippen molar-refractivity contribution < 1.29 is 22.8 Å². The number of hydrogen-bond acceptors (Lipinski definition) is 4. The Morgan fingerprint density at radius 2 is 1.74 bits per heavy atom. The van der Waals surface area contributed by atoms with Crippen LogP contribution in [0, 0.1) is 6.92 Å². The Balaban J connectivity index is 1.46. The lowest BCUT2D eigenvalue weighted by Gasteiger charge is -2.09. The van der Waals surface area contributed by atoms with Gasteiger partial charge in [0, 0.05) is 23.5 Å². The lowest BCUT2D eigenvalue weighted by molar-refractivity contribution is -0.137. The molecule has 1 fully saturated rings. The van der Waals surface area contributed by atoms with Gasteiger partial charge in [-0.15, -0.1) is 0 Å². The highest BCUT2D eigenvalue weighted by molar-refractivity contribution is 6.05. The largest absolute Gasteiger partial charge is 0.417 e. The molecule has 0 atom stereocenters. The zero-order valence-corrected chi connectivity index (χ0v) is 16.4. The third kappa shape index (κ3) is 4.57. The molecule has 0 unspecified atom stereocenters. The predicted molar refractivity (Wildman–Crippen MR) is 106 cm³/mol. The van der Waals surface area contributed by atoms with Crippen LogP contribution in [0.4, 0.5) is 18.9 Å². The van der Waals surface area contributed by atoms with Crippen molar-refractivity contribution in [2.75, 3.05) is 5.32 Å². The molecule has 7 nitrogen and oxygen atoms in total. The molecular formula is C21H18F3N5O2. The average Bonchev–Trinajstić information content (AvgIpc) is 3.46. The summed E-state index contributed by atoms with van der Waals surface area (Å²) < 4.78 is 39.4. The summed E-state index contributed by atoms with van der Waals surface area (Å²) in [4.78, 5) is 28.4. The third-order valence-electron chi connectivity index (χ3n) is 4.86. The van der Waals surface area contributed by atoms with Gasteiger partial charge in [0.05, 0.1) is 23.0 Å². The molecule has 2 heterocycles. The molecule has 0 bridgehead atoms. The fraction of sp³-hybridized carbons (Fsp3) is 0.238. The molecule has 0 radical (unpaired) electrons. The fourth-order valence-corrected chi connectivity index (χ4v) is 2.94. The molecule has 2 aromatic heterocycles. The molecule has 0 spiro atoms. The molecule has 2 amide bonds. The second-order valence-electron chi connectivity index (χ2n) is 7.24. The van der Waals surface area contributed by atoms with Gasteiger partial charge in [0.25, 0.3) is 11.8 Å². The van der Waals surface area contributed by atoms with Crippen LogP contribution < -0.4 is 10.6 Å². The third-order valence-corrected chi connectivity index (χ3v) is 4.86. The quantitative estimate of drug-likeness (QED) is 0.647. The Bertz CT molecular complexity index is 1120. The number of rotatable bonds is 5. The number of nitrogens with one attached hydrogen (secondary N) is 2. The van der Waals surface area contributed by atoms with Gasteiger partial charge in [0.2, 0.25) is 0 Å². The first-order chi connectivity index (χ1) is 14.7. The van der Waals surface area contributed by atoms with Gasteiger partial charge in [0.15, 0.2) is 5.82 Å². The molecule has 0 saturated heterocycles. The number of carbonyl (C=O) groups is 2. The average molecular weight is 429 g/mol. The first-order valence-corrected chi connectivity index (χ1v) is 9.53. The van der Waals surface area contributed by atoms with Gasteiger partial charge in [-0.3, -0.25) is 9.59 Å². The van der Waals surface area contributed by atoms with E-state index in [1.54, 1.807) is 31.2 Å². The smallest absolute Gasteiger partial charge is 0.349 e. The Morgan fingerprint density at radius 1 is 1.03 bits per heavy atom. The number of anilines is 1. The molecule has 1 saturated carbocycles. The number of halogens is 3. The molecule has 10 heteroatoms. The molecule has 1 aromatic carbocycles. The summed E-state index contributed by atoms with van der Waals surface area (Å²) in [5, 5.41) is 9.68. The van der Waals surface area contributed by atoms with Gasteiger partial charge in [0.1, 0.15) is 0 Å². The van der Waals surface area contributed by atoms with Gasteiger partial charge in [-0.05, 0) is 56.2 Å². The van der Waals surface area contributed by atoms with Crippen LogP contribution in [-0.4, -0.2) is 32.6 Å². The minimum atomic E-state index is -4.48. The summed E-state index contributed by atoms with van der Waals surface area (Å²) in [5.41, 5.74) is 0.797. The van der Waals surface area contributed by atoms with Crippen LogP contribution in [0.25, 0.3) is 5.82 Å². The van der Waals surface area contributed by atoms with E-state index in [1.165, 1.54) is 16.9 Å². The standard InChI is InChI=1S/C21H18F3N5O2/c1-12-17(11-26-29(12)18-9-4-14(10-25-18)21(22,23)24)20(31)28-15-5-2-13(3-6-15)19(30)27-16-7-8-16/h2-6,9-11,16H,7-8H2,1H3,(H,27,30)(H,28,31). The van der Waals surface area contributed by atoms with Crippen LogP contribution in [0.15, 0.2) is 48.8 Å². The van der Waals surface area contributed by atoms with E-state index < -0.39 is 17.6 Å². The Kier molecular flexibility index (Phi) is 5.22. The van der Waals surface area contributed by atoms with Gasteiger partial charge in [-0.1, -0.05) is 0 Å². The summed E-state index contributed by atoms with van der Waals surface area (Å²) in [6.07, 6.45) is -0.452. The Morgan fingerprint density at radius 3 is 2.32 bits per heavy atom. The van der Waals surface area contributed by atoms with Gasteiger partial charge in [-0.2, -0.15) is 18.3 Å².